The van der Waals surface area contributed by atoms with E-state index in [2.05, 4.69) is 36.3 Å². The van der Waals surface area contributed by atoms with Crippen LogP contribution >= 0.6 is 0 Å². The van der Waals surface area contributed by atoms with Crippen molar-refractivity contribution in [2.75, 3.05) is 7.11 Å². The fourth-order valence-corrected chi connectivity index (χ4v) is 2.35. The van der Waals surface area contributed by atoms with Crippen LogP contribution in [0.15, 0.2) is 48.7 Å². The molecular formula is C18H18O2. The molecule has 1 aliphatic rings. The van der Waals surface area contributed by atoms with Crippen molar-refractivity contribution in [1.29, 1.82) is 0 Å². The van der Waals surface area contributed by atoms with Gasteiger partial charge < -0.3 is 4.74 Å². The summed E-state index contributed by atoms with van der Waals surface area (Å²) < 4.78 is 5.43. The van der Waals surface area contributed by atoms with Gasteiger partial charge in [-0.1, -0.05) is 42.8 Å². The summed E-state index contributed by atoms with van der Waals surface area (Å²) in [6, 6.07) is 10.2. The summed E-state index contributed by atoms with van der Waals surface area (Å²) in [6.45, 7) is 3.46. The van der Waals surface area contributed by atoms with Crippen molar-refractivity contribution < 1.29 is 9.53 Å². The molecule has 1 unspecified atom stereocenters. The fraction of sp³-hybridized carbons (Fsp3) is 0.333. The third kappa shape index (κ3) is 3.48. The van der Waals surface area contributed by atoms with Crippen LogP contribution in [0.2, 0.25) is 0 Å². The van der Waals surface area contributed by atoms with Crippen LogP contribution in [0.4, 0.5) is 0 Å². The lowest BCUT2D eigenvalue weighted by Crippen LogP contribution is -1.93. The zero-order chi connectivity index (χ0) is 14.4. The van der Waals surface area contributed by atoms with Crippen molar-refractivity contribution >= 4 is 5.78 Å². The second-order valence-electron chi connectivity index (χ2n) is 4.80. The zero-order valence-corrected chi connectivity index (χ0v) is 11.6. The van der Waals surface area contributed by atoms with Crippen molar-refractivity contribution in [3.05, 3.63) is 54.3 Å². The summed E-state index contributed by atoms with van der Waals surface area (Å²) in [5.74, 6) is 6.16. The van der Waals surface area contributed by atoms with Gasteiger partial charge in [0, 0.05) is 19.4 Å². The second-order valence-corrected chi connectivity index (χ2v) is 4.80. The summed E-state index contributed by atoms with van der Waals surface area (Å²) >= 11 is 0. The third-order valence-electron chi connectivity index (χ3n) is 3.45. The minimum Gasteiger partial charge on any atom is -0.379 e. The second kappa shape index (κ2) is 6.91. The molecule has 2 rings (SSSR count). The van der Waals surface area contributed by atoms with Gasteiger partial charge in [-0.3, -0.25) is 4.79 Å². The molecule has 0 radical (unpaired) electrons. The SMILES string of the molecule is C=C=CCCC(=O)C#CC1[C@@H](OC)[C@H]1c1ccccc1. The Morgan fingerprint density at radius 2 is 2.15 bits per heavy atom. The van der Waals surface area contributed by atoms with E-state index in [1.807, 2.05) is 18.2 Å². The molecular weight excluding hydrogens is 248 g/mol. The molecule has 0 saturated heterocycles. The summed E-state index contributed by atoms with van der Waals surface area (Å²) in [7, 11) is 1.69. The summed E-state index contributed by atoms with van der Waals surface area (Å²) in [5.41, 5.74) is 3.87. The molecule has 0 aromatic heterocycles. The van der Waals surface area contributed by atoms with Gasteiger partial charge in [-0.05, 0) is 24.0 Å². The fourth-order valence-electron chi connectivity index (χ4n) is 2.35. The van der Waals surface area contributed by atoms with E-state index < -0.39 is 0 Å². The van der Waals surface area contributed by atoms with Gasteiger partial charge in [-0.25, -0.2) is 0 Å². The molecule has 0 heterocycles. The maximum atomic E-state index is 11.6. The molecule has 1 saturated carbocycles. The van der Waals surface area contributed by atoms with E-state index in [-0.39, 0.29) is 23.7 Å². The quantitative estimate of drug-likeness (QED) is 0.465. The van der Waals surface area contributed by atoms with Crippen LogP contribution in [0, 0.1) is 17.8 Å². The Balaban J connectivity index is 1.97. The number of Topliss-reactive ketones (excluding diaryl/α,β-unsaturated/α-hetero) is 1. The summed E-state index contributed by atoms with van der Waals surface area (Å²) in [6.07, 6.45) is 2.93. The number of hydrogen-bond donors (Lipinski definition) is 0. The first-order valence-corrected chi connectivity index (χ1v) is 6.74. The molecule has 102 valence electrons. The lowest BCUT2D eigenvalue weighted by atomic mass is 10.1. The average Bonchev–Trinajstić information content (AvgIpc) is 3.19. The summed E-state index contributed by atoms with van der Waals surface area (Å²) in [4.78, 5) is 11.6. The van der Waals surface area contributed by atoms with E-state index >= 15 is 0 Å². The molecule has 0 spiro atoms. The van der Waals surface area contributed by atoms with Crippen molar-refractivity contribution in [1.82, 2.24) is 0 Å². The Hall–Kier alpha value is -2.07. The van der Waals surface area contributed by atoms with Crippen LogP contribution in [-0.4, -0.2) is 19.0 Å². The standard InChI is InChI=1S/C18H18O2/c1-3-4-6-11-15(19)12-13-16-17(18(16)20-2)14-9-7-5-8-10-14/h4-5,7-10,16-18H,1,6,11H2,2H3/t16?,17-,18+/m0/s1. The van der Waals surface area contributed by atoms with Gasteiger partial charge in [-0.15, -0.1) is 5.73 Å². The van der Waals surface area contributed by atoms with E-state index in [4.69, 9.17) is 4.74 Å². The molecule has 2 nitrogen and oxygen atoms in total. The minimum absolute atomic E-state index is 0.0370. The van der Waals surface area contributed by atoms with Gasteiger partial charge >= 0.3 is 0 Å². The van der Waals surface area contributed by atoms with Crippen LogP contribution < -0.4 is 0 Å². The molecule has 0 amide bonds. The monoisotopic (exact) mass is 266 g/mol. The number of ketones is 1. The maximum absolute atomic E-state index is 11.6. The number of allylic oxidation sites excluding steroid dienone is 1. The molecule has 3 atom stereocenters. The Morgan fingerprint density at radius 3 is 2.80 bits per heavy atom. The van der Waals surface area contributed by atoms with Gasteiger partial charge in [0.1, 0.15) is 0 Å². The largest absolute Gasteiger partial charge is 0.379 e. The molecule has 1 aliphatic carbocycles. The Kier molecular flexibility index (Phi) is 4.96. The highest BCUT2D eigenvalue weighted by atomic mass is 16.5. The van der Waals surface area contributed by atoms with E-state index in [1.165, 1.54) is 5.56 Å². The highest BCUT2D eigenvalue weighted by molar-refractivity contribution is 5.95. The Morgan fingerprint density at radius 1 is 1.40 bits per heavy atom. The van der Waals surface area contributed by atoms with Gasteiger partial charge in [-0.2, -0.15) is 0 Å². The molecule has 20 heavy (non-hydrogen) atoms. The predicted octanol–water partition coefficient (Wildman–Crippen LogP) is 3.11. The highest BCUT2D eigenvalue weighted by Gasteiger charge is 2.50. The van der Waals surface area contributed by atoms with Crippen LogP contribution in [0.5, 0.6) is 0 Å². The van der Waals surface area contributed by atoms with E-state index in [0.717, 1.165) is 0 Å². The number of carbonyl (C=O) groups is 1. The van der Waals surface area contributed by atoms with Gasteiger partial charge in [0.05, 0.1) is 12.0 Å². The smallest absolute Gasteiger partial charge is 0.205 e. The van der Waals surface area contributed by atoms with Crippen molar-refractivity contribution in [3.8, 4) is 11.8 Å². The van der Waals surface area contributed by atoms with E-state index in [9.17, 15) is 4.79 Å². The summed E-state index contributed by atoms with van der Waals surface area (Å²) in [5, 5.41) is 0. The lowest BCUT2D eigenvalue weighted by Gasteiger charge is -1.96. The lowest BCUT2D eigenvalue weighted by molar-refractivity contribution is -0.113. The molecule has 2 heteroatoms. The van der Waals surface area contributed by atoms with Crippen LogP contribution in [-0.2, 0) is 9.53 Å². The predicted molar refractivity (Wildman–Crippen MR) is 79.2 cm³/mol. The first kappa shape index (κ1) is 14.3. The number of benzene rings is 1. The zero-order valence-electron chi connectivity index (χ0n) is 11.6. The molecule has 1 aromatic rings. The number of rotatable bonds is 5. The normalized spacial score (nSPS) is 23.1. The number of ether oxygens (including phenoxy) is 1. The molecule has 0 N–H and O–H groups in total. The van der Waals surface area contributed by atoms with Crippen LogP contribution in [0.25, 0.3) is 0 Å². The Labute approximate surface area is 120 Å². The molecule has 0 bridgehead atoms. The first-order chi connectivity index (χ1) is 9.77. The van der Waals surface area contributed by atoms with Crippen LogP contribution in [0.3, 0.4) is 0 Å². The van der Waals surface area contributed by atoms with Gasteiger partial charge in [0.25, 0.3) is 0 Å². The van der Waals surface area contributed by atoms with Gasteiger partial charge in [0.15, 0.2) is 0 Å². The number of hydrogen-bond acceptors (Lipinski definition) is 2. The van der Waals surface area contributed by atoms with E-state index in [0.29, 0.717) is 12.8 Å². The van der Waals surface area contributed by atoms with E-state index in [1.54, 1.807) is 13.2 Å². The van der Waals surface area contributed by atoms with Gasteiger partial charge in [0.2, 0.25) is 5.78 Å². The van der Waals surface area contributed by atoms with Crippen molar-refractivity contribution in [2.45, 2.75) is 24.9 Å². The van der Waals surface area contributed by atoms with Crippen molar-refractivity contribution in [2.24, 2.45) is 5.92 Å². The highest BCUT2D eigenvalue weighted by Crippen LogP contribution is 2.49. The number of carbonyl (C=O) groups excluding carboxylic acids is 1. The molecule has 0 aliphatic heterocycles. The Bertz CT molecular complexity index is 570. The molecule has 1 aromatic carbocycles. The average molecular weight is 266 g/mol. The topological polar surface area (TPSA) is 26.3 Å². The van der Waals surface area contributed by atoms with Crippen LogP contribution in [0.1, 0.15) is 24.3 Å². The first-order valence-electron chi connectivity index (χ1n) is 6.74. The maximum Gasteiger partial charge on any atom is 0.205 e. The molecule has 1 fully saturated rings. The number of methoxy groups -OCH3 is 1. The minimum atomic E-state index is -0.0370. The van der Waals surface area contributed by atoms with Crippen molar-refractivity contribution in [3.63, 3.8) is 0 Å². The third-order valence-corrected chi connectivity index (χ3v) is 3.45.